The molecule has 1 heterocycles. The van der Waals surface area contributed by atoms with Crippen LogP contribution in [0.4, 0.5) is 0 Å². The van der Waals surface area contributed by atoms with Crippen LogP contribution in [-0.2, 0) is 0 Å². The van der Waals surface area contributed by atoms with E-state index >= 15 is 0 Å². The smallest absolute Gasteiger partial charge is 0.0534 e. The molecule has 0 radical (unpaired) electrons. The van der Waals surface area contributed by atoms with Crippen molar-refractivity contribution in [2.45, 2.75) is 27.7 Å². The highest BCUT2D eigenvalue weighted by atomic mass is 15.0. The fraction of sp³-hybridized carbons (Fsp3) is 0.133. The molecule has 1 nitrogen and oxygen atoms in total. The third-order valence-corrected chi connectivity index (χ3v) is 5.70. The van der Waals surface area contributed by atoms with Crippen LogP contribution in [0.25, 0.3) is 44.6 Å². The minimum atomic E-state index is 1.21. The lowest BCUT2D eigenvalue weighted by Gasteiger charge is -2.14. The van der Waals surface area contributed by atoms with E-state index in [0.717, 1.165) is 0 Å². The SMILES string of the molecule is C/C=C\c1cc(-c2ccc(-n3ccc4ccccc43)c3ccccc23)ccc1C.CC. The largest absolute Gasteiger partial charge is 0.316 e. The van der Waals surface area contributed by atoms with Gasteiger partial charge < -0.3 is 4.57 Å². The molecule has 0 bridgehead atoms. The third-order valence-electron chi connectivity index (χ3n) is 5.70. The Labute approximate surface area is 185 Å². The van der Waals surface area contributed by atoms with Crippen LogP contribution < -0.4 is 0 Å². The Bertz CT molecular complexity index is 1370. The molecular weight excluding hydrogens is 374 g/mol. The van der Waals surface area contributed by atoms with Crippen molar-refractivity contribution in [1.29, 1.82) is 0 Å². The van der Waals surface area contributed by atoms with E-state index in [9.17, 15) is 0 Å². The van der Waals surface area contributed by atoms with Gasteiger partial charge in [0.15, 0.2) is 0 Å². The number of benzene rings is 4. The zero-order valence-corrected chi connectivity index (χ0v) is 18.8. The molecule has 5 rings (SSSR count). The minimum Gasteiger partial charge on any atom is -0.316 e. The van der Waals surface area contributed by atoms with Crippen molar-refractivity contribution in [1.82, 2.24) is 4.57 Å². The molecule has 0 saturated heterocycles. The summed E-state index contributed by atoms with van der Waals surface area (Å²) < 4.78 is 2.29. The second kappa shape index (κ2) is 9.06. The van der Waals surface area contributed by atoms with Crippen molar-refractivity contribution >= 4 is 27.8 Å². The second-order valence-corrected chi connectivity index (χ2v) is 7.49. The molecule has 1 heteroatoms. The van der Waals surface area contributed by atoms with Gasteiger partial charge >= 0.3 is 0 Å². The molecule has 0 fully saturated rings. The lowest BCUT2D eigenvalue weighted by Crippen LogP contribution is -1.95. The van der Waals surface area contributed by atoms with Crippen molar-refractivity contribution < 1.29 is 0 Å². The van der Waals surface area contributed by atoms with Gasteiger partial charge in [-0.3, -0.25) is 0 Å². The van der Waals surface area contributed by atoms with Gasteiger partial charge in [0.2, 0.25) is 0 Å². The Balaban J connectivity index is 0.00000112. The molecule has 0 spiro atoms. The van der Waals surface area contributed by atoms with Gasteiger partial charge in [-0.1, -0.05) is 86.7 Å². The highest BCUT2D eigenvalue weighted by Gasteiger charge is 2.11. The number of rotatable bonds is 3. The van der Waals surface area contributed by atoms with Gasteiger partial charge in [-0.2, -0.15) is 0 Å². The maximum atomic E-state index is 2.29. The first-order valence-electron chi connectivity index (χ1n) is 11.1. The summed E-state index contributed by atoms with van der Waals surface area (Å²) in [6, 6.07) is 30.7. The molecule has 0 aliphatic carbocycles. The van der Waals surface area contributed by atoms with Crippen molar-refractivity contribution in [2.24, 2.45) is 0 Å². The summed E-state index contributed by atoms with van der Waals surface area (Å²) in [5.74, 6) is 0. The summed E-state index contributed by atoms with van der Waals surface area (Å²) in [5, 5.41) is 3.80. The first-order valence-corrected chi connectivity index (χ1v) is 11.1. The highest BCUT2D eigenvalue weighted by Crippen LogP contribution is 2.35. The van der Waals surface area contributed by atoms with E-state index in [2.05, 4.69) is 122 Å². The van der Waals surface area contributed by atoms with Gasteiger partial charge in [0.25, 0.3) is 0 Å². The Kier molecular flexibility index (Phi) is 6.04. The fourth-order valence-corrected chi connectivity index (χ4v) is 4.21. The lowest BCUT2D eigenvalue weighted by atomic mass is 9.94. The molecule has 4 aromatic carbocycles. The number of aromatic nitrogens is 1. The molecule has 1 aromatic heterocycles. The minimum absolute atomic E-state index is 1.21. The molecule has 5 aromatic rings. The van der Waals surface area contributed by atoms with Gasteiger partial charge in [0, 0.05) is 11.6 Å². The van der Waals surface area contributed by atoms with Crippen LogP contribution in [0.3, 0.4) is 0 Å². The molecule has 154 valence electrons. The fourth-order valence-electron chi connectivity index (χ4n) is 4.21. The van der Waals surface area contributed by atoms with Crippen molar-refractivity contribution in [3.05, 3.63) is 108 Å². The molecule has 0 unspecified atom stereocenters. The monoisotopic (exact) mass is 403 g/mol. The van der Waals surface area contributed by atoms with Crippen LogP contribution in [0.2, 0.25) is 0 Å². The van der Waals surface area contributed by atoms with Gasteiger partial charge in [0.1, 0.15) is 0 Å². The quantitative estimate of drug-likeness (QED) is 0.283. The zero-order valence-electron chi connectivity index (χ0n) is 18.8. The zero-order chi connectivity index (χ0) is 21.8. The Morgan fingerprint density at radius 3 is 2.29 bits per heavy atom. The maximum absolute atomic E-state index is 2.29. The molecular formula is C30H29N. The summed E-state index contributed by atoms with van der Waals surface area (Å²) in [4.78, 5) is 0. The Morgan fingerprint density at radius 1 is 0.742 bits per heavy atom. The summed E-state index contributed by atoms with van der Waals surface area (Å²) in [6.45, 7) is 8.23. The lowest BCUT2D eigenvalue weighted by molar-refractivity contribution is 1.14. The number of allylic oxidation sites excluding steroid dienone is 1. The molecule has 0 aliphatic rings. The van der Waals surface area contributed by atoms with Crippen LogP contribution in [0.5, 0.6) is 0 Å². The summed E-state index contributed by atoms with van der Waals surface area (Å²) in [7, 11) is 0. The number of fused-ring (bicyclic) bond motifs is 2. The number of hydrogen-bond acceptors (Lipinski definition) is 0. The van der Waals surface area contributed by atoms with Gasteiger partial charge in [-0.15, -0.1) is 0 Å². The Hall–Kier alpha value is -3.58. The van der Waals surface area contributed by atoms with E-state index in [1.54, 1.807) is 0 Å². The van der Waals surface area contributed by atoms with Crippen LogP contribution in [0.15, 0.2) is 97.2 Å². The molecule has 31 heavy (non-hydrogen) atoms. The maximum Gasteiger partial charge on any atom is 0.0534 e. The van der Waals surface area contributed by atoms with Crippen molar-refractivity contribution in [3.63, 3.8) is 0 Å². The topological polar surface area (TPSA) is 4.93 Å². The first-order chi connectivity index (χ1) is 15.3. The van der Waals surface area contributed by atoms with E-state index in [-0.39, 0.29) is 0 Å². The Morgan fingerprint density at radius 2 is 1.48 bits per heavy atom. The van der Waals surface area contributed by atoms with E-state index in [1.807, 2.05) is 13.8 Å². The number of aryl methyl sites for hydroxylation is 1. The van der Waals surface area contributed by atoms with Gasteiger partial charge in [0.05, 0.1) is 11.2 Å². The van der Waals surface area contributed by atoms with Gasteiger partial charge in [-0.25, -0.2) is 0 Å². The van der Waals surface area contributed by atoms with E-state index < -0.39 is 0 Å². The number of hydrogen-bond donors (Lipinski definition) is 0. The summed E-state index contributed by atoms with van der Waals surface area (Å²) in [6.07, 6.45) is 6.45. The normalized spacial score (nSPS) is 11.1. The van der Waals surface area contributed by atoms with Crippen molar-refractivity contribution in [3.8, 4) is 16.8 Å². The van der Waals surface area contributed by atoms with E-state index in [1.165, 1.54) is 49.6 Å². The third kappa shape index (κ3) is 3.80. The highest BCUT2D eigenvalue weighted by molar-refractivity contribution is 6.02. The predicted molar refractivity (Wildman–Crippen MR) is 137 cm³/mol. The molecule has 0 amide bonds. The standard InChI is InChI=1S/C28H23N.C2H6/c1-3-8-22-19-23(14-13-20(22)2)24-15-16-28(26-11-6-5-10-25(24)26)29-18-17-21-9-4-7-12-27(21)29;1-2/h3-19H,1-2H3;1-2H3/b8-3-;. The molecule has 0 N–H and O–H groups in total. The van der Waals surface area contributed by atoms with Crippen LogP contribution in [0.1, 0.15) is 31.9 Å². The van der Waals surface area contributed by atoms with Crippen molar-refractivity contribution in [2.75, 3.05) is 0 Å². The van der Waals surface area contributed by atoms with E-state index in [4.69, 9.17) is 0 Å². The number of para-hydroxylation sites is 1. The van der Waals surface area contributed by atoms with Crippen LogP contribution >= 0.6 is 0 Å². The van der Waals surface area contributed by atoms with E-state index in [0.29, 0.717) is 0 Å². The molecule has 0 aliphatic heterocycles. The molecule has 0 saturated carbocycles. The average Bonchev–Trinajstić information content (AvgIpc) is 3.25. The first kappa shape index (κ1) is 20.7. The van der Waals surface area contributed by atoms with Gasteiger partial charge in [-0.05, 0) is 71.1 Å². The molecule has 0 atom stereocenters. The van der Waals surface area contributed by atoms with Crippen LogP contribution in [0, 0.1) is 6.92 Å². The summed E-state index contributed by atoms with van der Waals surface area (Å²) in [5.41, 5.74) is 7.54. The predicted octanol–water partition coefficient (Wildman–Crippen LogP) is 8.82. The number of nitrogens with zero attached hydrogens (tertiary/aromatic N) is 1. The average molecular weight is 404 g/mol. The summed E-state index contributed by atoms with van der Waals surface area (Å²) >= 11 is 0. The van der Waals surface area contributed by atoms with Crippen LogP contribution in [-0.4, -0.2) is 4.57 Å². The second-order valence-electron chi connectivity index (χ2n) is 7.49.